The molecule has 2 aliphatic rings. The standard InChI is InChI=1S/C28H31N3O3S/c1-18-9-10-19(2)23(16-18)34-21-11-14-31(15-12-21)28(33)25-22-7-3-4-8-24(22)35-27(25)30-26(32)20-6-5-13-29-17-20/h5-6,9-10,13,16-17,21H,3-4,7-8,11-12,14-15H2,1-2H3,(H,30,32). The topological polar surface area (TPSA) is 71.5 Å². The first-order valence-corrected chi connectivity index (χ1v) is 13.2. The third-order valence-corrected chi connectivity index (χ3v) is 8.11. The van der Waals surface area contributed by atoms with Gasteiger partial charge in [0.1, 0.15) is 16.9 Å². The van der Waals surface area contributed by atoms with Crippen LogP contribution >= 0.6 is 11.3 Å². The zero-order valence-corrected chi connectivity index (χ0v) is 21.1. The summed E-state index contributed by atoms with van der Waals surface area (Å²) in [5, 5.41) is 3.70. The van der Waals surface area contributed by atoms with Crippen LogP contribution in [0.3, 0.4) is 0 Å². The largest absolute Gasteiger partial charge is 0.490 e. The number of rotatable bonds is 5. The van der Waals surface area contributed by atoms with Crippen molar-refractivity contribution in [2.75, 3.05) is 18.4 Å². The Labute approximate surface area is 210 Å². The summed E-state index contributed by atoms with van der Waals surface area (Å²) in [5.74, 6) is 0.726. The van der Waals surface area contributed by atoms with Gasteiger partial charge in [0.25, 0.3) is 11.8 Å². The first-order valence-electron chi connectivity index (χ1n) is 12.4. The second-order valence-electron chi connectivity index (χ2n) is 9.49. The van der Waals surface area contributed by atoms with Crippen molar-refractivity contribution in [3.05, 3.63) is 75.4 Å². The van der Waals surface area contributed by atoms with Gasteiger partial charge in [0.2, 0.25) is 0 Å². The van der Waals surface area contributed by atoms with Gasteiger partial charge in [-0.05, 0) is 74.4 Å². The Morgan fingerprint density at radius 1 is 1.11 bits per heavy atom. The summed E-state index contributed by atoms with van der Waals surface area (Å²) in [5.41, 5.74) is 4.62. The molecule has 3 heterocycles. The number of likely N-dealkylation sites (tertiary alicyclic amines) is 1. The van der Waals surface area contributed by atoms with Gasteiger partial charge in [-0.25, -0.2) is 0 Å². The third-order valence-electron chi connectivity index (χ3n) is 6.90. The van der Waals surface area contributed by atoms with Crippen molar-refractivity contribution < 1.29 is 14.3 Å². The highest BCUT2D eigenvalue weighted by Gasteiger charge is 2.32. The van der Waals surface area contributed by atoms with Crippen LogP contribution < -0.4 is 10.1 Å². The number of aromatic nitrogens is 1. The van der Waals surface area contributed by atoms with Gasteiger partial charge in [0.15, 0.2) is 0 Å². The molecule has 1 N–H and O–H groups in total. The van der Waals surface area contributed by atoms with E-state index in [4.69, 9.17) is 4.74 Å². The van der Waals surface area contributed by atoms with Crippen LogP contribution in [0.25, 0.3) is 0 Å². The first kappa shape index (κ1) is 23.5. The molecule has 1 aromatic carbocycles. The number of nitrogens with zero attached hydrogens (tertiary/aromatic N) is 2. The molecule has 182 valence electrons. The normalized spacial score (nSPS) is 16.0. The molecule has 0 spiro atoms. The number of anilines is 1. The minimum absolute atomic E-state index is 0.0241. The molecule has 0 saturated carbocycles. The molecule has 1 aliphatic heterocycles. The molecular formula is C28H31N3O3S. The van der Waals surface area contributed by atoms with E-state index in [0.29, 0.717) is 29.2 Å². The van der Waals surface area contributed by atoms with Gasteiger partial charge in [-0.2, -0.15) is 0 Å². The Balaban J connectivity index is 1.31. The lowest BCUT2D eigenvalue weighted by atomic mass is 9.94. The van der Waals surface area contributed by atoms with Gasteiger partial charge in [-0.1, -0.05) is 12.1 Å². The van der Waals surface area contributed by atoms with Crippen LogP contribution in [0.5, 0.6) is 5.75 Å². The minimum atomic E-state index is -0.230. The predicted molar refractivity (Wildman–Crippen MR) is 139 cm³/mol. The summed E-state index contributed by atoms with van der Waals surface area (Å²) in [4.78, 5) is 33.8. The highest BCUT2D eigenvalue weighted by molar-refractivity contribution is 7.17. The minimum Gasteiger partial charge on any atom is -0.490 e. The number of amides is 2. The number of fused-ring (bicyclic) bond motifs is 1. The Morgan fingerprint density at radius 2 is 1.91 bits per heavy atom. The SMILES string of the molecule is Cc1ccc(C)c(OC2CCN(C(=O)c3c(NC(=O)c4cccnc4)sc4c3CCCC4)CC2)c1. The highest BCUT2D eigenvalue weighted by Crippen LogP contribution is 2.39. The Morgan fingerprint density at radius 3 is 2.69 bits per heavy atom. The quantitative estimate of drug-likeness (QED) is 0.508. The summed E-state index contributed by atoms with van der Waals surface area (Å²) in [6.45, 7) is 5.43. The van der Waals surface area contributed by atoms with E-state index >= 15 is 0 Å². The molecule has 3 aromatic rings. The second-order valence-corrected chi connectivity index (χ2v) is 10.6. The molecule has 1 fully saturated rings. The molecule has 7 heteroatoms. The number of carbonyl (C=O) groups is 2. The number of thiophene rings is 1. The van der Waals surface area contributed by atoms with Gasteiger partial charge in [0.05, 0.1) is 11.1 Å². The smallest absolute Gasteiger partial charge is 0.257 e. The molecule has 0 bridgehead atoms. The highest BCUT2D eigenvalue weighted by atomic mass is 32.1. The summed E-state index contributed by atoms with van der Waals surface area (Å²) in [7, 11) is 0. The molecule has 2 aromatic heterocycles. The van der Waals surface area contributed by atoms with Gasteiger partial charge < -0.3 is 15.0 Å². The van der Waals surface area contributed by atoms with Crippen LogP contribution in [0, 0.1) is 13.8 Å². The molecule has 1 saturated heterocycles. The number of aryl methyl sites for hydroxylation is 3. The fraction of sp³-hybridized carbons (Fsp3) is 0.393. The third kappa shape index (κ3) is 5.10. The van der Waals surface area contributed by atoms with Crippen molar-refractivity contribution in [2.45, 2.75) is 58.5 Å². The van der Waals surface area contributed by atoms with E-state index < -0.39 is 0 Å². The van der Waals surface area contributed by atoms with Crippen molar-refractivity contribution in [1.29, 1.82) is 0 Å². The molecule has 5 rings (SSSR count). The fourth-order valence-electron chi connectivity index (χ4n) is 4.90. The lowest BCUT2D eigenvalue weighted by molar-refractivity contribution is 0.0594. The van der Waals surface area contributed by atoms with E-state index in [9.17, 15) is 9.59 Å². The lowest BCUT2D eigenvalue weighted by Gasteiger charge is -2.33. The zero-order chi connectivity index (χ0) is 24.4. The van der Waals surface area contributed by atoms with Crippen molar-refractivity contribution in [3.8, 4) is 5.75 Å². The summed E-state index contributed by atoms with van der Waals surface area (Å²) >= 11 is 1.56. The van der Waals surface area contributed by atoms with Crippen LogP contribution in [0.15, 0.2) is 42.7 Å². The Kier molecular flexibility index (Phi) is 6.86. The number of benzene rings is 1. The fourth-order valence-corrected chi connectivity index (χ4v) is 6.18. The number of hydrogen-bond donors (Lipinski definition) is 1. The van der Waals surface area contributed by atoms with Crippen molar-refractivity contribution in [3.63, 3.8) is 0 Å². The van der Waals surface area contributed by atoms with Gasteiger partial charge in [-0.3, -0.25) is 14.6 Å². The summed E-state index contributed by atoms with van der Waals surface area (Å²) in [6.07, 6.45) is 8.93. The van der Waals surface area contributed by atoms with Crippen LogP contribution in [-0.4, -0.2) is 40.9 Å². The van der Waals surface area contributed by atoms with Crippen molar-refractivity contribution >= 4 is 28.2 Å². The molecule has 0 unspecified atom stereocenters. The second kappa shape index (κ2) is 10.2. The molecule has 6 nitrogen and oxygen atoms in total. The molecule has 1 aliphatic carbocycles. The van der Waals surface area contributed by atoms with E-state index in [0.717, 1.165) is 55.4 Å². The van der Waals surface area contributed by atoms with Crippen molar-refractivity contribution in [2.24, 2.45) is 0 Å². The Hall–Kier alpha value is -3.19. The number of pyridine rings is 1. The summed E-state index contributed by atoms with van der Waals surface area (Å²) < 4.78 is 6.30. The first-order chi connectivity index (χ1) is 17.0. The van der Waals surface area contributed by atoms with Gasteiger partial charge >= 0.3 is 0 Å². The number of piperidine rings is 1. The monoisotopic (exact) mass is 489 g/mol. The van der Waals surface area contributed by atoms with Crippen LogP contribution in [0.4, 0.5) is 5.00 Å². The number of ether oxygens (including phenoxy) is 1. The van der Waals surface area contributed by atoms with E-state index in [1.165, 1.54) is 10.4 Å². The van der Waals surface area contributed by atoms with E-state index in [1.54, 1.807) is 35.9 Å². The number of nitrogens with one attached hydrogen (secondary N) is 1. The number of hydrogen-bond acceptors (Lipinski definition) is 5. The van der Waals surface area contributed by atoms with Gasteiger partial charge in [-0.15, -0.1) is 11.3 Å². The van der Waals surface area contributed by atoms with E-state index in [1.807, 2.05) is 4.90 Å². The van der Waals surface area contributed by atoms with E-state index in [-0.39, 0.29) is 17.9 Å². The van der Waals surface area contributed by atoms with E-state index in [2.05, 4.69) is 42.3 Å². The Bertz CT molecular complexity index is 1230. The zero-order valence-electron chi connectivity index (χ0n) is 20.3. The molecule has 0 radical (unpaired) electrons. The maximum atomic E-state index is 13.8. The predicted octanol–water partition coefficient (Wildman–Crippen LogP) is 5.57. The molecule has 35 heavy (non-hydrogen) atoms. The average Bonchev–Trinajstić information content (AvgIpc) is 3.24. The van der Waals surface area contributed by atoms with Crippen LogP contribution in [0.1, 0.15) is 68.0 Å². The molecule has 0 atom stereocenters. The maximum Gasteiger partial charge on any atom is 0.257 e. The lowest BCUT2D eigenvalue weighted by Crippen LogP contribution is -2.42. The number of carbonyl (C=O) groups excluding carboxylic acids is 2. The molecular weight excluding hydrogens is 458 g/mol. The van der Waals surface area contributed by atoms with Crippen molar-refractivity contribution in [1.82, 2.24) is 9.88 Å². The maximum absolute atomic E-state index is 13.8. The summed E-state index contributed by atoms with van der Waals surface area (Å²) in [6, 6.07) is 9.74. The van der Waals surface area contributed by atoms with Crippen LogP contribution in [-0.2, 0) is 12.8 Å². The van der Waals surface area contributed by atoms with Crippen LogP contribution in [0.2, 0.25) is 0 Å². The average molecular weight is 490 g/mol. The molecule has 2 amide bonds. The van der Waals surface area contributed by atoms with Gasteiger partial charge in [0, 0.05) is 43.2 Å².